The maximum atomic E-state index is 12.2. The van der Waals surface area contributed by atoms with Gasteiger partial charge in [0.25, 0.3) is 0 Å². The Hall–Kier alpha value is -3.99. The van der Waals surface area contributed by atoms with Crippen molar-refractivity contribution < 1.29 is 18.6 Å². The summed E-state index contributed by atoms with van der Waals surface area (Å²) >= 11 is 0. The molecule has 0 saturated carbocycles. The van der Waals surface area contributed by atoms with Gasteiger partial charge in [0.2, 0.25) is 11.2 Å². The van der Waals surface area contributed by atoms with E-state index in [0.717, 1.165) is 16.9 Å². The van der Waals surface area contributed by atoms with E-state index in [4.69, 9.17) is 18.6 Å². The van der Waals surface area contributed by atoms with Gasteiger partial charge in [0.1, 0.15) is 43.3 Å². The van der Waals surface area contributed by atoms with Crippen LogP contribution in [-0.2, 0) is 19.8 Å². The Kier molecular flexibility index (Phi) is 6.65. The van der Waals surface area contributed by atoms with Gasteiger partial charge >= 0.3 is 0 Å². The van der Waals surface area contributed by atoms with Gasteiger partial charge in [-0.2, -0.15) is 0 Å². The molecular formula is C26H22O5. The average molecular weight is 414 g/mol. The lowest BCUT2D eigenvalue weighted by Gasteiger charge is -2.09. The Morgan fingerprint density at radius 3 is 1.68 bits per heavy atom. The van der Waals surface area contributed by atoms with Crippen molar-refractivity contribution in [2.24, 2.45) is 0 Å². The smallest absolute Gasteiger partial charge is 0.227 e. The molecule has 0 unspecified atom stereocenters. The average Bonchev–Trinajstić information content (AvgIpc) is 2.83. The zero-order valence-corrected chi connectivity index (χ0v) is 16.9. The fourth-order valence-electron chi connectivity index (χ4n) is 2.88. The van der Waals surface area contributed by atoms with E-state index in [1.165, 1.54) is 12.3 Å². The molecule has 5 heteroatoms. The van der Waals surface area contributed by atoms with E-state index in [1.807, 2.05) is 84.9 Å². The normalized spacial score (nSPS) is 10.5. The molecule has 5 nitrogen and oxygen atoms in total. The molecule has 0 saturated heterocycles. The Balaban J connectivity index is 1.27. The van der Waals surface area contributed by atoms with Crippen LogP contribution in [0.1, 0.15) is 16.9 Å². The molecule has 0 N–H and O–H groups in total. The van der Waals surface area contributed by atoms with Gasteiger partial charge in [-0.25, -0.2) is 0 Å². The minimum absolute atomic E-state index is 0.137. The first-order chi connectivity index (χ1) is 15.3. The number of rotatable bonds is 9. The Morgan fingerprint density at radius 1 is 0.613 bits per heavy atom. The summed E-state index contributed by atoms with van der Waals surface area (Å²) in [6.45, 7) is 0.948. The summed E-state index contributed by atoms with van der Waals surface area (Å²) in [7, 11) is 0. The number of benzene rings is 3. The standard InChI is InChI=1S/C26H22O5/c27-25-15-24(30-19-26(25)31-17-21-9-5-2-6-10-21)18-29-23-13-11-22(12-14-23)28-16-20-7-3-1-4-8-20/h1-15,19H,16-18H2. The third-order valence-corrected chi connectivity index (χ3v) is 4.54. The molecule has 0 atom stereocenters. The first-order valence-corrected chi connectivity index (χ1v) is 9.94. The van der Waals surface area contributed by atoms with Crippen LogP contribution in [0.4, 0.5) is 0 Å². The maximum Gasteiger partial charge on any atom is 0.227 e. The molecule has 0 bridgehead atoms. The van der Waals surface area contributed by atoms with Crippen molar-refractivity contribution in [3.8, 4) is 17.2 Å². The fourth-order valence-corrected chi connectivity index (χ4v) is 2.88. The van der Waals surface area contributed by atoms with Crippen LogP contribution in [0, 0.1) is 0 Å². The molecule has 4 rings (SSSR count). The summed E-state index contributed by atoms with van der Waals surface area (Å²) in [6, 6.07) is 28.3. The largest absolute Gasteiger partial charge is 0.489 e. The van der Waals surface area contributed by atoms with Crippen LogP contribution in [0.25, 0.3) is 0 Å². The van der Waals surface area contributed by atoms with Gasteiger partial charge in [0.05, 0.1) is 0 Å². The molecule has 0 amide bonds. The van der Waals surface area contributed by atoms with Crippen molar-refractivity contribution in [2.75, 3.05) is 0 Å². The highest BCUT2D eigenvalue weighted by atomic mass is 16.5. The molecule has 0 spiro atoms. The fraction of sp³-hybridized carbons (Fsp3) is 0.115. The molecular weight excluding hydrogens is 392 g/mol. The second-order valence-electron chi connectivity index (χ2n) is 6.88. The first-order valence-electron chi connectivity index (χ1n) is 9.94. The number of ether oxygens (including phenoxy) is 3. The number of hydrogen-bond donors (Lipinski definition) is 0. The van der Waals surface area contributed by atoms with E-state index in [-0.39, 0.29) is 17.8 Å². The molecule has 4 aromatic rings. The van der Waals surface area contributed by atoms with E-state index in [2.05, 4.69) is 0 Å². The highest BCUT2D eigenvalue weighted by Gasteiger charge is 2.06. The molecule has 0 radical (unpaired) electrons. The third kappa shape index (κ3) is 6.00. The van der Waals surface area contributed by atoms with Crippen molar-refractivity contribution in [2.45, 2.75) is 19.8 Å². The third-order valence-electron chi connectivity index (χ3n) is 4.54. The van der Waals surface area contributed by atoms with Crippen molar-refractivity contribution >= 4 is 0 Å². The van der Waals surface area contributed by atoms with Gasteiger partial charge in [-0.15, -0.1) is 0 Å². The zero-order chi connectivity index (χ0) is 21.3. The molecule has 0 fully saturated rings. The van der Waals surface area contributed by atoms with E-state index in [0.29, 0.717) is 24.7 Å². The summed E-state index contributed by atoms with van der Waals surface area (Å²) < 4.78 is 22.5. The lowest BCUT2D eigenvalue weighted by Crippen LogP contribution is -2.09. The monoisotopic (exact) mass is 414 g/mol. The number of hydrogen-bond acceptors (Lipinski definition) is 5. The molecule has 0 aliphatic rings. The summed E-state index contributed by atoms with van der Waals surface area (Å²) in [5.41, 5.74) is 1.84. The lowest BCUT2D eigenvalue weighted by atomic mass is 10.2. The van der Waals surface area contributed by atoms with Crippen molar-refractivity contribution in [3.05, 3.63) is 124 Å². The van der Waals surface area contributed by atoms with Crippen molar-refractivity contribution in [3.63, 3.8) is 0 Å². The predicted molar refractivity (Wildman–Crippen MR) is 117 cm³/mol. The van der Waals surface area contributed by atoms with Crippen LogP contribution < -0.4 is 19.6 Å². The van der Waals surface area contributed by atoms with Crippen molar-refractivity contribution in [1.82, 2.24) is 0 Å². The van der Waals surface area contributed by atoms with E-state index in [1.54, 1.807) is 0 Å². The molecule has 156 valence electrons. The second kappa shape index (κ2) is 10.2. The summed E-state index contributed by atoms with van der Waals surface area (Å²) in [5.74, 6) is 2.00. The molecule has 1 aromatic heterocycles. The molecule has 0 aliphatic carbocycles. The minimum atomic E-state index is -0.245. The van der Waals surface area contributed by atoms with Crippen LogP contribution in [0.2, 0.25) is 0 Å². The molecule has 31 heavy (non-hydrogen) atoms. The second-order valence-corrected chi connectivity index (χ2v) is 6.88. The van der Waals surface area contributed by atoms with Crippen LogP contribution in [0.5, 0.6) is 17.2 Å². The van der Waals surface area contributed by atoms with Crippen LogP contribution in [-0.4, -0.2) is 0 Å². The van der Waals surface area contributed by atoms with Crippen LogP contribution in [0.15, 0.2) is 106 Å². The van der Waals surface area contributed by atoms with Gasteiger partial charge in [-0.3, -0.25) is 4.79 Å². The quantitative estimate of drug-likeness (QED) is 0.368. The van der Waals surface area contributed by atoms with Crippen LogP contribution in [0.3, 0.4) is 0 Å². The van der Waals surface area contributed by atoms with E-state index in [9.17, 15) is 4.79 Å². The molecule has 1 heterocycles. The van der Waals surface area contributed by atoms with Gasteiger partial charge in [0.15, 0.2) is 0 Å². The summed E-state index contributed by atoms with van der Waals surface area (Å²) in [4.78, 5) is 12.2. The minimum Gasteiger partial charge on any atom is -0.489 e. The highest BCUT2D eigenvalue weighted by Crippen LogP contribution is 2.20. The molecule has 3 aromatic carbocycles. The van der Waals surface area contributed by atoms with Gasteiger partial charge in [-0.1, -0.05) is 60.7 Å². The summed E-state index contributed by atoms with van der Waals surface area (Å²) in [5, 5.41) is 0. The Morgan fingerprint density at radius 2 is 1.13 bits per heavy atom. The lowest BCUT2D eigenvalue weighted by molar-refractivity contribution is 0.253. The molecule has 0 aliphatic heterocycles. The van der Waals surface area contributed by atoms with Gasteiger partial charge < -0.3 is 18.6 Å². The SMILES string of the molecule is O=c1cc(COc2ccc(OCc3ccccc3)cc2)occ1OCc1ccccc1. The first kappa shape index (κ1) is 20.3. The van der Waals surface area contributed by atoms with Crippen molar-refractivity contribution in [1.29, 1.82) is 0 Å². The van der Waals surface area contributed by atoms with Gasteiger partial charge in [0, 0.05) is 6.07 Å². The highest BCUT2D eigenvalue weighted by molar-refractivity contribution is 5.31. The topological polar surface area (TPSA) is 57.9 Å². The van der Waals surface area contributed by atoms with E-state index < -0.39 is 0 Å². The summed E-state index contributed by atoms with van der Waals surface area (Å²) in [6.07, 6.45) is 1.32. The van der Waals surface area contributed by atoms with Gasteiger partial charge in [-0.05, 0) is 35.4 Å². The Labute approximate surface area is 180 Å². The maximum absolute atomic E-state index is 12.2. The predicted octanol–water partition coefficient (Wildman–Crippen LogP) is 5.38. The zero-order valence-electron chi connectivity index (χ0n) is 16.9. The Bertz CT molecular complexity index is 1140. The van der Waals surface area contributed by atoms with Crippen LogP contribution >= 0.6 is 0 Å². The van der Waals surface area contributed by atoms with E-state index >= 15 is 0 Å².